The van der Waals surface area contributed by atoms with E-state index < -0.39 is 5.41 Å². The van der Waals surface area contributed by atoms with Crippen LogP contribution in [0.4, 0.5) is 0 Å². The van der Waals surface area contributed by atoms with E-state index in [1.165, 1.54) is 0 Å². The molecule has 0 aromatic heterocycles. The second kappa shape index (κ2) is 12.5. The van der Waals surface area contributed by atoms with Crippen molar-refractivity contribution in [2.45, 2.75) is 26.7 Å². The smallest absolute Gasteiger partial charge is 0.234 e. The number of halogens is 2. The van der Waals surface area contributed by atoms with Crippen LogP contribution in [0, 0.1) is 5.41 Å². The summed E-state index contributed by atoms with van der Waals surface area (Å²) in [5.74, 6) is 0.161. The van der Waals surface area contributed by atoms with Gasteiger partial charge in [0.05, 0.1) is 12.0 Å². The highest BCUT2D eigenvalue weighted by molar-refractivity contribution is 5.85. The minimum absolute atomic E-state index is 0. The lowest BCUT2D eigenvalue weighted by atomic mass is 9.81. The van der Waals surface area contributed by atoms with Crippen LogP contribution in [0.2, 0.25) is 0 Å². The number of hydrogen-bond acceptors (Lipinski definition) is 4. The molecule has 0 bridgehead atoms. The van der Waals surface area contributed by atoms with E-state index in [0.29, 0.717) is 32.7 Å². The van der Waals surface area contributed by atoms with Gasteiger partial charge in [-0.3, -0.25) is 14.5 Å². The molecule has 0 aromatic carbocycles. The lowest BCUT2D eigenvalue weighted by molar-refractivity contribution is -0.144. The molecule has 0 spiro atoms. The van der Waals surface area contributed by atoms with Crippen LogP contribution in [0.15, 0.2) is 12.7 Å². The van der Waals surface area contributed by atoms with Gasteiger partial charge in [-0.1, -0.05) is 19.9 Å². The molecule has 2 amide bonds. The number of piperazine rings is 1. The molecule has 1 saturated heterocycles. The first kappa shape index (κ1) is 25.4. The molecule has 0 saturated carbocycles. The zero-order chi connectivity index (χ0) is 16.6. The molecule has 0 aromatic rings. The highest BCUT2D eigenvalue weighted by Gasteiger charge is 2.37. The van der Waals surface area contributed by atoms with Gasteiger partial charge in [0.15, 0.2) is 0 Å². The van der Waals surface area contributed by atoms with E-state index in [0.717, 1.165) is 25.9 Å². The molecule has 3 N–H and O–H groups in total. The Morgan fingerprint density at radius 1 is 1.17 bits per heavy atom. The average Bonchev–Trinajstić information content (AvgIpc) is 2.55. The van der Waals surface area contributed by atoms with Crippen LogP contribution in [-0.4, -0.2) is 67.4 Å². The van der Waals surface area contributed by atoms with Crippen LogP contribution in [-0.2, 0) is 9.59 Å². The van der Waals surface area contributed by atoms with Gasteiger partial charge in [-0.25, -0.2) is 0 Å². The van der Waals surface area contributed by atoms with Gasteiger partial charge in [-0.15, -0.1) is 31.4 Å². The van der Waals surface area contributed by atoms with Crippen LogP contribution in [0.1, 0.15) is 26.7 Å². The highest BCUT2D eigenvalue weighted by atomic mass is 35.5. The monoisotopic (exact) mass is 382 g/mol. The molecule has 6 nitrogen and oxygen atoms in total. The van der Waals surface area contributed by atoms with Crippen molar-refractivity contribution in [3.05, 3.63) is 12.7 Å². The van der Waals surface area contributed by atoms with Gasteiger partial charge in [0.25, 0.3) is 0 Å². The molecule has 1 aliphatic heterocycles. The molecule has 1 heterocycles. The summed E-state index contributed by atoms with van der Waals surface area (Å²) >= 11 is 0. The maximum atomic E-state index is 12.7. The number of nitrogens with one attached hydrogen (secondary N) is 1. The second-order valence-electron chi connectivity index (χ2n) is 5.85. The van der Waals surface area contributed by atoms with Gasteiger partial charge in [0.1, 0.15) is 0 Å². The van der Waals surface area contributed by atoms with Crippen molar-refractivity contribution in [3.63, 3.8) is 0 Å². The van der Waals surface area contributed by atoms with Crippen molar-refractivity contribution in [2.75, 3.05) is 45.8 Å². The van der Waals surface area contributed by atoms with E-state index in [1.807, 2.05) is 18.7 Å². The molecular formula is C16H32Cl2N4O2. The fourth-order valence-electron chi connectivity index (χ4n) is 2.82. The van der Waals surface area contributed by atoms with Crippen molar-refractivity contribution in [1.82, 2.24) is 15.1 Å². The Kier molecular flexibility index (Phi) is 13.3. The molecule has 142 valence electrons. The third-order valence-corrected chi connectivity index (χ3v) is 4.67. The van der Waals surface area contributed by atoms with E-state index in [2.05, 4.69) is 16.8 Å². The zero-order valence-corrected chi connectivity index (χ0v) is 16.4. The molecule has 24 heavy (non-hydrogen) atoms. The van der Waals surface area contributed by atoms with Crippen LogP contribution in [0.5, 0.6) is 0 Å². The summed E-state index contributed by atoms with van der Waals surface area (Å²) in [5.41, 5.74) is 5.43. The van der Waals surface area contributed by atoms with E-state index in [4.69, 9.17) is 5.73 Å². The van der Waals surface area contributed by atoms with Crippen LogP contribution < -0.4 is 11.1 Å². The number of carbonyl (C=O) groups is 2. The van der Waals surface area contributed by atoms with E-state index in [1.54, 1.807) is 6.08 Å². The van der Waals surface area contributed by atoms with Crippen molar-refractivity contribution in [1.29, 1.82) is 0 Å². The topological polar surface area (TPSA) is 78.7 Å². The zero-order valence-electron chi connectivity index (χ0n) is 14.8. The van der Waals surface area contributed by atoms with Gasteiger partial charge >= 0.3 is 0 Å². The van der Waals surface area contributed by atoms with Crippen molar-refractivity contribution >= 4 is 36.6 Å². The largest absolute Gasteiger partial charge is 0.352 e. The Morgan fingerprint density at radius 2 is 1.71 bits per heavy atom. The Balaban J connectivity index is 0. The van der Waals surface area contributed by atoms with Gasteiger partial charge in [0, 0.05) is 39.3 Å². The normalized spacial score (nSPS) is 15.0. The molecule has 1 rings (SSSR count). The van der Waals surface area contributed by atoms with Gasteiger partial charge in [0.2, 0.25) is 11.8 Å². The average molecular weight is 383 g/mol. The van der Waals surface area contributed by atoms with Crippen LogP contribution in [0.25, 0.3) is 0 Å². The van der Waals surface area contributed by atoms with E-state index >= 15 is 0 Å². The number of nitrogens with two attached hydrogens (primary N) is 1. The number of rotatable bonds is 8. The maximum Gasteiger partial charge on any atom is 0.234 e. The molecule has 0 unspecified atom stereocenters. The molecule has 1 aliphatic rings. The molecule has 0 atom stereocenters. The van der Waals surface area contributed by atoms with Gasteiger partial charge < -0.3 is 16.0 Å². The van der Waals surface area contributed by atoms with E-state index in [9.17, 15) is 9.59 Å². The Bertz CT molecular complexity index is 387. The van der Waals surface area contributed by atoms with E-state index in [-0.39, 0.29) is 36.6 Å². The van der Waals surface area contributed by atoms with Crippen molar-refractivity contribution in [3.8, 4) is 0 Å². The fraction of sp³-hybridized carbons (Fsp3) is 0.750. The fourth-order valence-corrected chi connectivity index (χ4v) is 2.82. The highest BCUT2D eigenvalue weighted by Crippen LogP contribution is 2.28. The summed E-state index contributed by atoms with van der Waals surface area (Å²) in [6.07, 6.45) is 3.20. The first-order valence-corrected chi connectivity index (χ1v) is 8.12. The molecule has 8 heteroatoms. The Hall–Kier alpha value is -0.820. The summed E-state index contributed by atoms with van der Waals surface area (Å²) in [4.78, 5) is 28.4. The SMILES string of the molecule is C=CCNC(=O)CN1CCN(C(=O)C(CC)(CC)CN)CC1.Cl.Cl. The number of carbonyl (C=O) groups excluding carboxylic acids is 2. The third kappa shape index (κ3) is 6.59. The number of nitrogens with zero attached hydrogens (tertiary/aromatic N) is 2. The molecular weight excluding hydrogens is 351 g/mol. The molecule has 1 fully saturated rings. The lowest BCUT2D eigenvalue weighted by Gasteiger charge is -2.40. The summed E-state index contributed by atoms with van der Waals surface area (Å²) in [6, 6.07) is 0. The van der Waals surface area contributed by atoms with Crippen molar-refractivity contribution in [2.24, 2.45) is 11.1 Å². The summed E-state index contributed by atoms with van der Waals surface area (Å²) in [7, 11) is 0. The first-order chi connectivity index (χ1) is 10.5. The Morgan fingerprint density at radius 3 is 2.12 bits per heavy atom. The van der Waals surface area contributed by atoms with Crippen molar-refractivity contribution < 1.29 is 9.59 Å². The first-order valence-electron chi connectivity index (χ1n) is 8.12. The minimum Gasteiger partial charge on any atom is -0.352 e. The lowest BCUT2D eigenvalue weighted by Crippen LogP contribution is -2.55. The van der Waals surface area contributed by atoms with Gasteiger partial charge in [-0.05, 0) is 12.8 Å². The predicted octanol–water partition coefficient (Wildman–Crippen LogP) is 1.04. The van der Waals surface area contributed by atoms with Gasteiger partial charge in [-0.2, -0.15) is 0 Å². The number of amides is 2. The number of hydrogen-bond donors (Lipinski definition) is 2. The van der Waals surface area contributed by atoms with Crippen LogP contribution in [0.3, 0.4) is 0 Å². The Labute approximate surface area is 158 Å². The third-order valence-electron chi connectivity index (χ3n) is 4.67. The summed E-state index contributed by atoms with van der Waals surface area (Å²) in [6.45, 7) is 11.6. The molecule has 0 aliphatic carbocycles. The summed E-state index contributed by atoms with van der Waals surface area (Å²) in [5, 5.41) is 2.77. The standard InChI is InChI=1S/C16H30N4O2.2ClH/c1-4-7-18-14(21)12-19-8-10-20(11-9-19)15(22)16(5-2,6-3)13-17;;/h4H,1,5-13,17H2,2-3H3,(H,18,21);2*1H. The second-order valence-corrected chi connectivity index (χ2v) is 5.85. The maximum absolute atomic E-state index is 12.7. The quantitative estimate of drug-likeness (QED) is 0.614. The predicted molar refractivity (Wildman–Crippen MR) is 103 cm³/mol. The minimum atomic E-state index is -0.427. The van der Waals surface area contributed by atoms with Crippen LogP contribution >= 0.6 is 24.8 Å². The summed E-state index contributed by atoms with van der Waals surface area (Å²) < 4.78 is 0. The molecule has 0 radical (unpaired) electrons.